The number of tetrazole rings is 1. The number of aromatic nitrogens is 7. The van der Waals surface area contributed by atoms with E-state index in [9.17, 15) is 9.59 Å². The summed E-state index contributed by atoms with van der Waals surface area (Å²) < 4.78 is 14.9. The van der Waals surface area contributed by atoms with Crippen molar-refractivity contribution < 1.29 is 19.1 Å². The van der Waals surface area contributed by atoms with E-state index in [1.807, 2.05) is 9.58 Å². The van der Waals surface area contributed by atoms with Crippen molar-refractivity contribution in [3.05, 3.63) is 17.7 Å². The van der Waals surface area contributed by atoms with Crippen LogP contribution < -0.4 is 5.32 Å². The van der Waals surface area contributed by atoms with Crippen molar-refractivity contribution in [1.82, 2.24) is 45.4 Å². The van der Waals surface area contributed by atoms with Crippen LogP contribution in [0.2, 0.25) is 0 Å². The van der Waals surface area contributed by atoms with Crippen LogP contribution in [0.4, 0.5) is 0 Å². The molecule has 13 nitrogen and oxygen atoms in total. The van der Waals surface area contributed by atoms with Gasteiger partial charge >= 0.3 is 0 Å². The Balaban J connectivity index is 1.19. The average molecular weight is 445 g/mol. The first kappa shape index (κ1) is 20.9. The third-order valence-electron chi connectivity index (χ3n) is 6.47. The van der Waals surface area contributed by atoms with Crippen LogP contribution in [0.1, 0.15) is 37.1 Å². The number of nitrogens with zero attached hydrogens (tertiary/aromatic N) is 8. The van der Waals surface area contributed by atoms with Crippen LogP contribution in [-0.4, -0.2) is 83.8 Å². The molecule has 1 unspecified atom stereocenters. The van der Waals surface area contributed by atoms with E-state index in [1.165, 1.54) is 11.0 Å². The van der Waals surface area contributed by atoms with Crippen molar-refractivity contribution in [3.8, 4) is 0 Å². The zero-order chi connectivity index (χ0) is 22.0. The minimum Gasteiger partial charge on any atom is -0.381 e. The highest BCUT2D eigenvalue weighted by molar-refractivity contribution is 5.78. The van der Waals surface area contributed by atoms with Crippen molar-refractivity contribution in [2.75, 3.05) is 26.3 Å². The van der Waals surface area contributed by atoms with Gasteiger partial charge in [0.15, 0.2) is 0 Å². The summed E-state index contributed by atoms with van der Waals surface area (Å²) in [6.45, 7) is 3.74. The van der Waals surface area contributed by atoms with Crippen molar-refractivity contribution in [2.24, 2.45) is 5.92 Å². The molecule has 0 bridgehead atoms. The van der Waals surface area contributed by atoms with Gasteiger partial charge < -0.3 is 19.7 Å². The summed E-state index contributed by atoms with van der Waals surface area (Å²) in [4.78, 5) is 26.9. The van der Waals surface area contributed by atoms with Crippen LogP contribution in [-0.2, 0) is 45.3 Å². The molecule has 0 saturated carbocycles. The first-order valence-corrected chi connectivity index (χ1v) is 11.0. The van der Waals surface area contributed by atoms with Crippen LogP contribution in [0, 0.1) is 5.92 Å². The zero-order valence-electron chi connectivity index (χ0n) is 17.9. The van der Waals surface area contributed by atoms with Gasteiger partial charge in [-0.1, -0.05) is 5.21 Å². The first-order chi connectivity index (χ1) is 15.6. The van der Waals surface area contributed by atoms with E-state index in [4.69, 9.17) is 9.47 Å². The van der Waals surface area contributed by atoms with E-state index in [1.54, 1.807) is 0 Å². The Hall–Kier alpha value is -2.93. The predicted octanol–water partition coefficient (Wildman–Crippen LogP) is -1.10. The van der Waals surface area contributed by atoms with Gasteiger partial charge in [0.05, 0.1) is 31.9 Å². The second kappa shape index (κ2) is 8.90. The Labute approximate surface area is 184 Å². The fraction of sp³-hybridized carbons (Fsp3) is 0.737. The van der Waals surface area contributed by atoms with Gasteiger partial charge in [0.2, 0.25) is 11.8 Å². The molecule has 2 amide bonds. The Kier molecular flexibility index (Phi) is 5.83. The quantitative estimate of drug-likeness (QED) is 0.607. The minimum absolute atomic E-state index is 0.00580. The number of carbonyl (C=O) groups is 2. The van der Waals surface area contributed by atoms with Crippen molar-refractivity contribution >= 4 is 11.8 Å². The van der Waals surface area contributed by atoms with Gasteiger partial charge in [-0.3, -0.25) is 9.59 Å². The molecule has 1 spiro atoms. The lowest BCUT2D eigenvalue weighted by molar-refractivity contribution is -0.153. The van der Waals surface area contributed by atoms with Crippen LogP contribution >= 0.6 is 0 Å². The molecule has 3 aliphatic heterocycles. The zero-order valence-corrected chi connectivity index (χ0v) is 17.9. The molecule has 2 saturated heterocycles. The van der Waals surface area contributed by atoms with E-state index in [-0.39, 0.29) is 24.3 Å². The van der Waals surface area contributed by atoms with Crippen molar-refractivity contribution in [2.45, 2.75) is 57.5 Å². The fourth-order valence-electron chi connectivity index (χ4n) is 4.65. The number of fused-ring (bicyclic) bond motifs is 1. The number of hydrogen-bond donors (Lipinski definition) is 1. The maximum Gasteiger partial charge on any atom is 0.244 e. The number of likely N-dealkylation sites (tertiary alicyclic amines) is 1. The maximum absolute atomic E-state index is 12.7. The molecule has 3 aliphatic rings. The van der Waals surface area contributed by atoms with Gasteiger partial charge in [-0.25, -0.2) is 9.36 Å². The van der Waals surface area contributed by atoms with Gasteiger partial charge in [0.1, 0.15) is 24.2 Å². The second-order valence-electron chi connectivity index (χ2n) is 8.64. The van der Waals surface area contributed by atoms with Gasteiger partial charge in [-0.15, -0.1) is 10.2 Å². The molecule has 2 fully saturated rings. The molecule has 1 N–H and O–H groups in total. The Morgan fingerprint density at radius 3 is 2.91 bits per heavy atom. The summed E-state index contributed by atoms with van der Waals surface area (Å²) in [7, 11) is 0. The summed E-state index contributed by atoms with van der Waals surface area (Å²) in [6.07, 6.45) is 4.62. The number of nitrogens with one attached hydrogen (secondary N) is 1. The average Bonchev–Trinajstić information content (AvgIpc) is 3.47. The number of amides is 2. The largest absolute Gasteiger partial charge is 0.381 e. The van der Waals surface area contributed by atoms with Gasteiger partial charge in [-0.2, -0.15) is 0 Å². The van der Waals surface area contributed by atoms with Crippen molar-refractivity contribution in [3.63, 3.8) is 0 Å². The summed E-state index contributed by atoms with van der Waals surface area (Å²) in [5.74, 6) is -0.0122. The minimum atomic E-state index is -0.488. The highest BCUT2D eigenvalue weighted by Crippen LogP contribution is 2.32. The molecule has 0 aliphatic carbocycles. The summed E-state index contributed by atoms with van der Waals surface area (Å²) >= 11 is 0. The molecule has 0 aromatic carbocycles. The number of carbonyl (C=O) groups excluding carboxylic acids is 2. The normalized spacial score (nSPS) is 23.8. The van der Waals surface area contributed by atoms with E-state index in [0.29, 0.717) is 46.0 Å². The molecular formula is C19H27N9O4. The van der Waals surface area contributed by atoms with Crippen LogP contribution in [0.15, 0.2) is 6.33 Å². The molecule has 2 aromatic heterocycles. The lowest BCUT2D eigenvalue weighted by Gasteiger charge is -2.44. The molecule has 13 heteroatoms. The van der Waals surface area contributed by atoms with E-state index >= 15 is 0 Å². The molecule has 5 rings (SSSR count). The second-order valence-corrected chi connectivity index (χ2v) is 8.64. The van der Waals surface area contributed by atoms with E-state index in [2.05, 4.69) is 31.2 Å². The van der Waals surface area contributed by atoms with E-state index < -0.39 is 5.60 Å². The Bertz CT molecular complexity index is 956. The topological polar surface area (TPSA) is 142 Å². The van der Waals surface area contributed by atoms with Crippen LogP contribution in [0.5, 0.6) is 0 Å². The van der Waals surface area contributed by atoms with Crippen LogP contribution in [0.25, 0.3) is 0 Å². The number of rotatable bonds is 5. The number of hydrogen-bond acceptors (Lipinski definition) is 9. The summed E-state index contributed by atoms with van der Waals surface area (Å²) in [5.41, 5.74) is 1.11. The maximum atomic E-state index is 12.7. The third-order valence-corrected chi connectivity index (χ3v) is 6.47. The summed E-state index contributed by atoms with van der Waals surface area (Å²) in [6, 6.07) is 0. The SMILES string of the molecule is O=C(NCc1nnn2c1COC1(CCCN(C(=O)Cn3cnnn3)C1)C2)C1CCOCC1. The molecule has 1 atom stereocenters. The van der Waals surface area contributed by atoms with Gasteiger partial charge in [-0.05, 0) is 36.1 Å². The standard InChI is InChI=1S/C19H27N9O4/c29-17(9-27-13-21-23-25-27)26-5-1-4-19(11-26)12-28-16(10-32-19)15(22-24-28)8-20-18(30)14-2-6-31-7-3-14/h13-14H,1-12H2,(H,20,30). The van der Waals surface area contributed by atoms with Crippen LogP contribution in [0.3, 0.4) is 0 Å². The monoisotopic (exact) mass is 445 g/mol. The van der Waals surface area contributed by atoms with Crippen molar-refractivity contribution in [1.29, 1.82) is 0 Å². The lowest BCUT2D eigenvalue weighted by atomic mass is 9.91. The molecule has 32 heavy (non-hydrogen) atoms. The predicted molar refractivity (Wildman–Crippen MR) is 107 cm³/mol. The fourth-order valence-corrected chi connectivity index (χ4v) is 4.65. The molecule has 0 radical (unpaired) electrons. The first-order valence-electron chi connectivity index (χ1n) is 11.0. The third kappa shape index (κ3) is 4.35. The molecule has 2 aromatic rings. The smallest absolute Gasteiger partial charge is 0.244 e. The molecule has 5 heterocycles. The Morgan fingerprint density at radius 1 is 1.22 bits per heavy atom. The number of piperidine rings is 1. The highest BCUT2D eigenvalue weighted by Gasteiger charge is 2.42. The highest BCUT2D eigenvalue weighted by atomic mass is 16.5. The Morgan fingerprint density at radius 2 is 2.09 bits per heavy atom. The lowest BCUT2D eigenvalue weighted by Crippen LogP contribution is -2.56. The van der Waals surface area contributed by atoms with Gasteiger partial charge in [0, 0.05) is 25.7 Å². The van der Waals surface area contributed by atoms with Gasteiger partial charge in [0.25, 0.3) is 0 Å². The number of ether oxygens (including phenoxy) is 2. The summed E-state index contributed by atoms with van der Waals surface area (Å²) in [5, 5.41) is 22.5. The molecular weight excluding hydrogens is 418 g/mol. The molecule has 172 valence electrons. The van der Waals surface area contributed by atoms with E-state index in [0.717, 1.165) is 37.1 Å².